The van der Waals surface area contributed by atoms with Crippen LogP contribution in [-0.2, 0) is 4.74 Å². The lowest BCUT2D eigenvalue weighted by atomic mass is 9.99. The zero-order valence-corrected chi connectivity index (χ0v) is 10.9. The van der Waals surface area contributed by atoms with E-state index >= 15 is 0 Å². The van der Waals surface area contributed by atoms with Crippen LogP contribution in [-0.4, -0.2) is 50.9 Å². The highest BCUT2D eigenvalue weighted by Crippen LogP contribution is 2.25. The predicted molar refractivity (Wildman–Crippen MR) is 70.6 cm³/mol. The van der Waals surface area contributed by atoms with Gasteiger partial charge in [-0.3, -0.25) is 10.1 Å². The van der Waals surface area contributed by atoms with Gasteiger partial charge in [-0.15, -0.1) is 6.58 Å². The van der Waals surface area contributed by atoms with Gasteiger partial charge in [0.25, 0.3) is 5.69 Å². The average molecular weight is 297 g/mol. The van der Waals surface area contributed by atoms with Crippen LogP contribution in [0.3, 0.4) is 0 Å². The van der Waals surface area contributed by atoms with Crippen LogP contribution in [0, 0.1) is 10.1 Å². The molecule has 1 aliphatic rings. The van der Waals surface area contributed by atoms with Crippen molar-refractivity contribution in [1.82, 2.24) is 0 Å². The van der Waals surface area contributed by atoms with Gasteiger partial charge < -0.3 is 24.8 Å². The smallest absolute Gasteiger partial charge is 0.269 e. The highest BCUT2D eigenvalue weighted by molar-refractivity contribution is 5.36. The maximum absolute atomic E-state index is 10.5. The molecule has 1 aromatic rings. The van der Waals surface area contributed by atoms with E-state index in [2.05, 4.69) is 6.58 Å². The molecular formula is C13H15NO7. The molecule has 8 heteroatoms. The van der Waals surface area contributed by atoms with Gasteiger partial charge in [-0.2, -0.15) is 0 Å². The molecule has 1 aromatic carbocycles. The summed E-state index contributed by atoms with van der Waals surface area (Å²) in [7, 11) is 0. The van der Waals surface area contributed by atoms with Gasteiger partial charge in [0.15, 0.2) is 0 Å². The quantitative estimate of drug-likeness (QED) is 0.405. The lowest BCUT2D eigenvalue weighted by Crippen LogP contribution is -2.58. The standard InChI is InChI=1S/C13H15NO7/c1-2-9-10(15)11(16)12(17)13(21-9)20-8-5-3-7(4-6-8)14(18)19/h2-6,9-13,15-17H,1H2/t9-,10+,11+,12-,13-/m1/s1. The number of rotatable bonds is 4. The molecule has 1 fully saturated rings. The fourth-order valence-corrected chi connectivity index (χ4v) is 1.95. The van der Waals surface area contributed by atoms with E-state index in [-0.39, 0.29) is 11.4 Å². The number of benzene rings is 1. The van der Waals surface area contributed by atoms with Crippen LogP contribution in [0.5, 0.6) is 5.75 Å². The number of non-ortho nitro benzene ring substituents is 1. The first kappa shape index (κ1) is 15.4. The Morgan fingerprint density at radius 3 is 2.33 bits per heavy atom. The second-order valence-corrected chi connectivity index (χ2v) is 4.55. The van der Waals surface area contributed by atoms with Gasteiger partial charge in [-0.05, 0) is 12.1 Å². The SMILES string of the molecule is C=C[C@H]1O[C@@H](Oc2ccc([N+](=O)[O-])cc2)[C@H](O)[C@@H](O)[C@H]1O. The summed E-state index contributed by atoms with van der Waals surface area (Å²) in [6.45, 7) is 3.46. The third kappa shape index (κ3) is 3.19. The van der Waals surface area contributed by atoms with Gasteiger partial charge in [-0.25, -0.2) is 0 Å². The molecular weight excluding hydrogens is 282 g/mol. The molecule has 1 aliphatic heterocycles. The van der Waals surface area contributed by atoms with E-state index in [9.17, 15) is 25.4 Å². The Morgan fingerprint density at radius 2 is 1.81 bits per heavy atom. The zero-order chi connectivity index (χ0) is 15.6. The van der Waals surface area contributed by atoms with E-state index in [0.717, 1.165) is 0 Å². The van der Waals surface area contributed by atoms with E-state index in [1.54, 1.807) is 0 Å². The first-order valence-corrected chi connectivity index (χ1v) is 6.17. The van der Waals surface area contributed by atoms with Crippen molar-refractivity contribution in [3.63, 3.8) is 0 Å². The summed E-state index contributed by atoms with van der Waals surface area (Å²) < 4.78 is 10.6. The Labute approximate surface area is 120 Å². The molecule has 1 saturated heterocycles. The second-order valence-electron chi connectivity index (χ2n) is 4.55. The molecule has 3 N–H and O–H groups in total. The molecule has 0 aliphatic carbocycles. The molecule has 0 unspecified atom stereocenters. The summed E-state index contributed by atoms with van der Waals surface area (Å²) in [5.41, 5.74) is -0.105. The van der Waals surface area contributed by atoms with Crippen molar-refractivity contribution in [1.29, 1.82) is 0 Å². The molecule has 5 atom stereocenters. The first-order valence-electron chi connectivity index (χ1n) is 6.17. The second kappa shape index (κ2) is 6.19. The molecule has 0 spiro atoms. The number of aliphatic hydroxyl groups is 3. The highest BCUT2D eigenvalue weighted by Gasteiger charge is 2.43. The van der Waals surface area contributed by atoms with Crippen molar-refractivity contribution < 1.29 is 29.7 Å². The lowest BCUT2D eigenvalue weighted by molar-refractivity contribution is -0.384. The lowest BCUT2D eigenvalue weighted by Gasteiger charge is -2.39. The summed E-state index contributed by atoms with van der Waals surface area (Å²) in [5.74, 6) is 0.219. The zero-order valence-electron chi connectivity index (χ0n) is 10.9. The predicted octanol–water partition coefficient (Wildman–Crippen LogP) is -0.0328. The summed E-state index contributed by atoms with van der Waals surface area (Å²) >= 11 is 0. The van der Waals surface area contributed by atoms with Crippen LogP contribution >= 0.6 is 0 Å². The van der Waals surface area contributed by atoms with Crippen molar-refractivity contribution >= 4 is 5.69 Å². The number of hydrogen-bond donors (Lipinski definition) is 3. The van der Waals surface area contributed by atoms with E-state index in [4.69, 9.17) is 9.47 Å². The maximum Gasteiger partial charge on any atom is 0.269 e. The highest BCUT2D eigenvalue weighted by atomic mass is 16.7. The number of aliphatic hydroxyl groups excluding tert-OH is 3. The van der Waals surface area contributed by atoms with Crippen LogP contribution in [0.2, 0.25) is 0 Å². The minimum atomic E-state index is -1.47. The Morgan fingerprint density at radius 1 is 1.19 bits per heavy atom. The number of hydrogen-bond acceptors (Lipinski definition) is 7. The normalized spacial score (nSPS) is 32.4. The molecule has 21 heavy (non-hydrogen) atoms. The van der Waals surface area contributed by atoms with Crippen LogP contribution in [0.1, 0.15) is 0 Å². The summed E-state index contributed by atoms with van der Waals surface area (Å²) in [6.07, 6.45) is -5.07. The number of nitrogens with zero attached hydrogens (tertiary/aromatic N) is 1. The molecule has 0 bridgehead atoms. The number of nitro groups is 1. The molecule has 0 radical (unpaired) electrons. The van der Waals surface area contributed by atoms with E-state index in [1.807, 2.05) is 0 Å². The Balaban J connectivity index is 2.10. The Kier molecular flexibility index (Phi) is 4.53. The van der Waals surface area contributed by atoms with Gasteiger partial charge in [0.05, 0.1) is 4.92 Å². The maximum atomic E-state index is 10.5. The van der Waals surface area contributed by atoms with Crippen LogP contribution in [0.15, 0.2) is 36.9 Å². The molecule has 0 amide bonds. The summed E-state index contributed by atoms with van der Waals surface area (Å²) in [5, 5.41) is 39.7. The van der Waals surface area contributed by atoms with Gasteiger partial charge >= 0.3 is 0 Å². The molecule has 1 heterocycles. The molecule has 8 nitrogen and oxygen atoms in total. The van der Waals surface area contributed by atoms with Crippen LogP contribution < -0.4 is 4.74 Å². The van der Waals surface area contributed by atoms with Crippen LogP contribution in [0.25, 0.3) is 0 Å². The Bertz CT molecular complexity index is 518. The number of ether oxygens (including phenoxy) is 2. The third-order valence-corrected chi connectivity index (χ3v) is 3.14. The van der Waals surface area contributed by atoms with Gasteiger partial charge in [-0.1, -0.05) is 6.08 Å². The fraction of sp³-hybridized carbons (Fsp3) is 0.385. The van der Waals surface area contributed by atoms with E-state index in [0.29, 0.717) is 0 Å². The Hall–Kier alpha value is -2.00. The third-order valence-electron chi connectivity index (χ3n) is 3.14. The van der Waals surface area contributed by atoms with Crippen molar-refractivity contribution in [3.8, 4) is 5.75 Å². The van der Waals surface area contributed by atoms with Crippen molar-refractivity contribution in [2.45, 2.75) is 30.7 Å². The largest absolute Gasteiger partial charge is 0.462 e. The fourth-order valence-electron chi connectivity index (χ4n) is 1.95. The monoisotopic (exact) mass is 297 g/mol. The minimum absolute atomic E-state index is 0.105. The van der Waals surface area contributed by atoms with Gasteiger partial charge in [0, 0.05) is 12.1 Å². The van der Waals surface area contributed by atoms with Gasteiger partial charge in [0.1, 0.15) is 30.2 Å². The number of nitro benzene ring substituents is 1. The topological polar surface area (TPSA) is 122 Å². The van der Waals surface area contributed by atoms with Gasteiger partial charge in [0.2, 0.25) is 6.29 Å². The van der Waals surface area contributed by atoms with Crippen LogP contribution in [0.4, 0.5) is 5.69 Å². The van der Waals surface area contributed by atoms with E-state index < -0.39 is 35.6 Å². The molecule has 114 valence electrons. The molecule has 0 aromatic heterocycles. The minimum Gasteiger partial charge on any atom is -0.462 e. The van der Waals surface area contributed by atoms with E-state index in [1.165, 1.54) is 30.3 Å². The molecule has 2 rings (SSSR count). The molecule has 0 saturated carbocycles. The van der Waals surface area contributed by atoms with Crippen molar-refractivity contribution in [3.05, 3.63) is 47.0 Å². The first-order chi connectivity index (χ1) is 9.93. The summed E-state index contributed by atoms with van der Waals surface area (Å²) in [6, 6.07) is 5.16. The van der Waals surface area contributed by atoms with Crippen molar-refractivity contribution in [2.24, 2.45) is 0 Å². The van der Waals surface area contributed by atoms with Crippen molar-refractivity contribution in [2.75, 3.05) is 0 Å². The summed E-state index contributed by atoms with van der Waals surface area (Å²) in [4.78, 5) is 9.99. The average Bonchev–Trinajstić information content (AvgIpc) is 2.48.